The van der Waals surface area contributed by atoms with Gasteiger partial charge in [-0.25, -0.2) is 0 Å². The Hall–Kier alpha value is -1.08. The van der Waals surface area contributed by atoms with E-state index in [-0.39, 0.29) is 5.92 Å². The molecule has 0 heterocycles. The van der Waals surface area contributed by atoms with Crippen molar-refractivity contribution in [1.82, 2.24) is 0 Å². The fourth-order valence-corrected chi connectivity index (χ4v) is 2.20. The molecule has 1 aromatic carbocycles. The molecule has 1 aromatic rings. The molecule has 84 valence electrons. The number of ketones is 1. The third-order valence-electron chi connectivity index (χ3n) is 3.06. The van der Waals surface area contributed by atoms with Gasteiger partial charge in [-0.1, -0.05) is 30.7 Å². The summed E-state index contributed by atoms with van der Waals surface area (Å²) in [6, 6.07) is 7.60. The fourth-order valence-electron chi connectivity index (χ4n) is 2.07. The molecule has 2 rings (SSSR count). The van der Waals surface area contributed by atoms with Gasteiger partial charge in [-0.15, -0.1) is 0 Å². The van der Waals surface area contributed by atoms with E-state index < -0.39 is 0 Å². The normalized spacial score (nSPS) is 23.8. The van der Waals surface area contributed by atoms with E-state index in [2.05, 4.69) is 0 Å². The van der Waals surface area contributed by atoms with E-state index in [4.69, 9.17) is 11.6 Å². The first-order valence-electron chi connectivity index (χ1n) is 5.67. The van der Waals surface area contributed by atoms with Gasteiger partial charge in [0.1, 0.15) is 0 Å². The summed E-state index contributed by atoms with van der Waals surface area (Å²) in [6.45, 7) is 2.01. The Labute approximate surface area is 101 Å². The van der Waals surface area contributed by atoms with Crippen molar-refractivity contribution in [2.24, 2.45) is 5.92 Å². The maximum absolute atomic E-state index is 11.9. The zero-order valence-corrected chi connectivity index (χ0v) is 10.1. The molecule has 1 nitrogen and oxygen atoms in total. The predicted octanol–water partition coefficient (Wildman–Crippen LogP) is 4.11. The molecule has 1 fully saturated rings. The molecule has 0 N–H and O–H groups in total. The van der Waals surface area contributed by atoms with Crippen LogP contribution in [0.2, 0.25) is 5.02 Å². The third-order valence-corrected chi connectivity index (χ3v) is 3.31. The van der Waals surface area contributed by atoms with Gasteiger partial charge in [0, 0.05) is 10.9 Å². The van der Waals surface area contributed by atoms with E-state index in [0.29, 0.717) is 5.78 Å². The van der Waals surface area contributed by atoms with Gasteiger partial charge >= 0.3 is 0 Å². The lowest BCUT2D eigenvalue weighted by Gasteiger charge is -2.19. The van der Waals surface area contributed by atoms with Crippen LogP contribution < -0.4 is 0 Å². The summed E-state index contributed by atoms with van der Waals surface area (Å²) < 4.78 is 0. The maximum atomic E-state index is 11.9. The van der Waals surface area contributed by atoms with Crippen molar-refractivity contribution in [3.63, 3.8) is 0 Å². The Balaban J connectivity index is 2.23. The summed E-state index contributed by atoms with van der Waals surface area (Å²) in [5.41, 5.74) is 2.02. The number of carbonyl (C=O) groups excluding carboxylic acids is 1. The van der Waals surface area contributed by atoms with E-state index in [0.717, 1.165) is 35.4 Å². The van der Waals surface area contributed by atoms with Crippen molar-refractivity contribution in [2.75, 3.05) is 0 Å². The Morgan fingerprint density at radius 1 is 1.31 bits per heavy atom. The summed E-state index contributed by atoms with van der Waals surface area (Å²) in [5.74, 6) is 0.494. The van der Waals surface area contributed by atoms with E-state index >= 15 is 0 Å². The highest BCUT2D eigenvalue weighted by Crippen LogP contribution is 2.26. The quantitative estimate of drug-likeness (QED) is 0.669. The molecule has 16 heavy (non-hydrogen) atoms. The van der Waals surface area contributed by atoms with Gasteiger partial charge in [0.05, 0.1) is 0 Å². The molecule has 0 spiro atoms. The molecule has 1 aliphatic rings. The van der Waals surface area contributed by atoms with E-state index in [1.165, 1.54) is 0 Å². The fraction of sp³-hybridized carbons (Fsp3) is 0.357. The summed E-state index contributed by atoms with van der Waals surface area (Å²) in [7, 11) is 0. The maximum Gasteiger partial charge on any atom is 0.161 e. The first-order chi connectivity index (χ1) is 7.66. The van der Waals surface area contributed by atoms with Crippen molar-refractivity contribution in [3.05, 3.63) is 40.4 Å². The molecule has 0 saturated heterocycles. The molecular formula is C14H15ClO. The monoisotopic (exact) mass is 234 g/mol. The second-order valence-corrected chi connectivity index (χ2v) is 4.82. The lowest BCUT2D eigenvalue weighted by Crippen LogP contribution is -2.18. The Morgan fingerprint density at radius 3 is 2.69 bits per heavy atom. The topological polar surface area (TPSA) is 17.1 Å². The van der Waals surface area contributed by atoms with Crippen molar-refractivity contribution in [3.8, 4) is 0 Å². The van der Waals surface area contributed by atoms with Crippen molar-refractivity contribution in [2.45, 2.75) is 26.2 Å². The molecule has 0 aliphatic heterocycles. The van der Waals surface area contributed by atoms with Crippen LogP contribution in [0.5, 0.6) is 0 Å². The number of carbonyl (C=O) groups is 1. The minimum Gasteiger partial charge on any atom is -0.294 e. The number of allylic oxidation sites excluding steroid dienone is 1. The Bertz CT molecular complexity index is 417. The average Bonchev–Trinajstić information content (AvgIpc) is 2.28. The molecular weight excluding hydrogens is 220 g/mol. The van der Waals surface area contributed by atoms with Gasteiger partial charge in [0.2, 0.25) is 0 Å². The van der Waals surface area contributed by atoms with Crippen molar-refractivity contribution < 1.29 is 4.79 Å². The highest BCUT2D eigenvalue weighted by Gasteiger charge is 2.22. The standard InChI is InChI=1S/C14H15ClO/c1-10-3-2-4-12(14(10)16)9-11-5-7-13(15)8-6-11/h5-10H,2-4H2,1H3/b12-9-. The SMILES string of the molecule is CC1CCC/C(=C/c2ccc(Cl)cc2)C1=O. The lowest BCUT2D eigenvalue weighted by molar-refractivity contribution is -0.119. The third kappa shape index (κ3) is 2.53. The Kier molecular flexibility index (Phi) is 3.45. The molecule has 1 atom stereocenters. The molecule has 0 radical (unpaired) electrons. The van der Waals surface area contributed by atoms with E-state index in [1.54, 1.807) is 0 Å². The molecule has 0 bridgehead atoms. The lowest BCUT2D eigenvalue weighted by atomic mass is 9.84. The minimum absolute atomic E-state index is 0.187. The summed E-state index contributed by atoms with van der Waals surface area (Å²) in [5, 5.41) is 0.727. The van der Waals surface area contributed by atoms with Crippen LogP contribution in [0, 0.1) is 5.92 Å². The second kappa shape index (κ2) is 4.84. The van der Waals surface area contributed by atoms with E-state index in [9.17, 15) is 4.79 Å². The molecule has 0 aromatic heterocycles. The van der Waals surface area contributed by atoms with Crippen LogP contribution in [-0.4, -0.2) is 5.78 Å². The first-order valence-corrected chi connectivity index (χ1v) is 6.05. The largest absolute Gasteiger partial charge is 0.294 e. The zero-order valence-electron chi connectivity index (χ0n) is 9.37. The summed E-state index contributed by atoms with van der Waals surface area (Å²) in [6.07, 6.45) is 5.04. The van der Waals surface area contributed by atoms with Crippen LogP contribution in [-0.2, 0) is 4.79 Å². The van der Waals surface area contributed by atoms with Crippen LogP contribution in [0.25, 0.3) is 6.08 Å². The van der Waals surface area contributed by atoms with Crippen LogP contribution in [0.15, 0.2) is 29.8 Å². The zero-order chi connectivity index (χ0) is 11.5. The van der Waals surface area contributed by atoms with Crippen LogP contribution in [0.1, 0.15) is 31.7 Å². The van der Waals surface area contributed by atoms with Gasteiger partial charge in [0.25, 0.3) is 0 Å². The molecule has 0 amide bonds. The number of benzene rings is 1. The van der Waals surface area contributed by atoms with Crippen LogP contribution in [0.3, 0.4) is 0 Å². The number of Topliss-reactive ketones (excluding diaryl/α,β-unsaturated/α-hetero) is 1. The van der Waals surface area contributed by atoms with Gasteiger partial charge < -0.3 is 0 Å². The second-order valence-electron chi connectivity index (χ2n) is 4.38. The number of rotatable bonds is 1. The average molecular weight is 235 g/mol. The van der Waals surface area contributed by atoms with Crippen molar-refractivity contribution in [1.29, 1.82) is 0 Å². The number of hydrogen-bond acceptors (Lipinski definition) is 1. The highest BCUT2D eigenvalue weighted by atomic mass is 35.5. The molecule has 1 aliphatic carbocycles. The number of hydrogen-bond donors (Lipinski definition) is 0. The van der Waals surface area contributed by atoms with E-state index in [1.807, 2.05) is 37.3 Å². The summed E-state index contributed by atoms with van der Waals surface area (Å²) in [4.78, 5) is 11.9. The minimum atomic E-state index is 0.187. The Morgan fingerprint density at radius 2 is 2.00 bits per heavy atom. The molecule has 1 saturated carbocycles. The first kappa shape index (κ1) is 11.4. The molecule has 2 heteroatoms. The number of halogens is 1. The van der Waals surface area contributed by atoms with Crippen LogP contribution in [0.4, 0.5) is 0 Å². The van der Waals surface area contributed by atoms with Gasteiger partial charge in [-0.2, -0.15) is 0 Å². The van der Waals surface area contributed by atoms with Crippen molar-refractivity contribution >= 4 is 23.5 Å². The molecule has 1 unspecified atom stereocenters. The smallest absolute Gasteiger partial charge is 0.161 e. The highest BCUT2D eigenvalue weighted by molar-refractivity contribution is 6.30. The van der Waals surface area contributed by atoms with Gasteiger partial charge in [-0.3, -0.25) is 4.79 Å². The van der Waals surface area contributed by atoms with Gasteiger partial charge in [-0.05, 0) is 48.6 Å². The predicted molar refractivity (Wildman–Crippen MR) is 67.5 cm³/mol. The van der Waals surface area contributed by atoms with Gasteiger partial charge in [0.15, 0.2) is 5.78 Å². The van der Waals surface area contributed by atoms with Crippen LogP contribution >= 0.6 is 11.6 Å². The summed E-state index contributed by atoms with van der Waals surface area (Å²) >= 11 is 5.82.